The van der Waals surface area contributed by atoms with Crippen LogP contribution in [0.1, 0.15) is 17.3 Å². The highest BCUT2D eigenvalue weighted by atomic mass is 35.5. The minimum absolute atomic E-state index is 0.0474. The Labute approximate surface area is 131 Å². The molecular weight excluding hydrogens is 309 g/mol. The van der Waals surface area contributed by atoms with Crippen molar-refractivity contribution < 1.29 is 18.7 Å². The quantitative estimate of drug-likeness (QED) is 0.874. The van der Waals surface area contributed by atoms with Gasteiger partial charge in [-0.15, -0.1) is 0 Å². The Morgan fingerprint density at radius 3 is 2.50 bits per heavy atom. The summed E-state index contributed by atoms with van der Waals surface area (Å²) in [6.45, 7) is 1.43. The standard InChI is InChI=1S/C16H13ClFNO3/c1-10(15(20)19-14-7-5-12(17)6-8-14)22-16(21)11-3-2-4-13(18)9-11/h2-10H,1H3,(H,19,20)/t10-/m0/s1. The van der Waals surface area contributed by atoms with Crippen LogP contribution in [0.5, 0.6) is 0 Å². The maximum atomic E-state index is 13.0. The van der Waals surface area contributed by atoms with Crippen molar-refractivity contribution >= 4 is 29.2 Å². The topological polar surface area (TPSA) is 55.4 Å². The zero-order valence-electron chi connectivity index (χ0n) is 11.7. The van der Waals surface area contributed by atoms with E-state index >= 15 is 0 Å². The zero-order valence-corrected chi connectivity index (χ0v) is 12.4. The molecule has 2 aromatic rings. The highest BCUT2D eigenvalue weighted by Gasteiger charge is 2.19. The fourth-order valence-electron chi connectivity index (χ4n) is 1.67. The van der Waals surface area contributed by atoms with Gasteiger partial charge in [0.05, 0.1) is 5.56 Å². The Balaban J connectivity index is 1.96. The first-order chi connectivity index (χ1) is 10.5. The number of rotatable bonds is 4. The van der Waals surface area contributed by atoms with Gasteiger partial charge in [-0.3, -0.25) is 4.79 Å². The van der Waals surface area contributed by atoms with Crippen molar-refractivity contribution in [3.05, 3.63) is 64.9 Å². The van der Waals surface area contributed by atoms with Crippen LogP contribution in [-0.2, 0) is 9.53 Å². The second kappa shape index (κ2) is 7.04. The summed E-state index contributed by atoms with van der Waals surface area (Å²) in [5, 5.41) is 3.13. The van der Waals surface area contributed by atoms with Gasteiger partial charge in [-0.05, 0) is 49.4 Å². The molecule has 0 aliphatic carbocycles. The van der Waals surface area contributed by atoms with Crippen molar-refractivity contribution in [3.8, 4) is 0 Å². The Kier molecular flexibility index (Phi) is 5.12. The molecule has 2 aromatic carbocycles. The number of hydrogen-bond acceptors (Lipinski definition) is 3. The average Bonchev–Trinajstić information content (AvgIpc) is 2.49. The van der Waals surface area contributed by atoms with Gasteiger partial charge in [0.25, 0.3) is 5.91 Å². The van der Waals surface area contributed by atoms with Crippen molar-refractivity contribution in [2.24, 2.45) is 0 Å². The van der Waals surface area contributed by atoms with E-state index in [0.717, 1.165) is 6.07 Å². The summed E-state index contributed by atoms with van der Waals surface area (Å²) in [7, 11) is 0. The van der Waals surface area contributed by atoms with Gasteiger partial charge < -0.3 is 10.1 Å². The number of anilines is 1. The largest absolute Gasteiger partial charge is 0.449 e. The van der Waals surface area contributed by atoms with Crippen molar-refractivity contribution in [2.45, 2.75) is 13.0 Å². The van der Waals surface area contributed by atoms with E-state index in [9.17, 15) is 14.0 Å². The van der Waals surface area contributed by atoms with Crippen molar-refractivity contribution in [3.63, 3.8) is 0 Å². The lowest BCUT2D eigenvalue weighted by Crippen LogP contribution is -2.30. The van der Waals surface area contributed by atoms with Gasteiger partial charge in [-0.1, -0.05) is 17.7 Å². The van der Waals surface area contributed by atoms with E-state index in [1.165, 1.54) is 25.1 Å². The van der Waals surface area contributed by atoms with Gasteiger partial charge in [0.15, 0.2) is 6.10 Å². The first kappa shape index (κ1) is 16.0. The molecule has 2 rings (SSSR count). The fraction of sp³-hybridized carbons (Fsp3) is 0.125. The number of hydrogen-bond donors (Lipinski definition) is 1. The lowest BCUT2D eigenvalue weighted by molar-refractivity contribution is -0.123. The lowest BCUT2D eigenvalue weighted by atomic mass is 10.2. The van der Waals surface area contributed by atoms with Crippen molar-refractivity contribution in [2.75, 3.05) is 5.32 Å². The maximum absolute atomic E-state index is 13.0. The molecule has 0 fully saturated rings. The highest BCUT2D eigenvalue weighted by Crippen LogP contribution is 2.14. The van der Waals surface area contributed by atoms with Crippen LogP contribution in [0.25, 0.3) is 0 Å². The summed E-state index contributed by atoms with van der Waals surface area (Å²) in [6.07, 6.45) is -1.02. The molecular formula is C16H13ClFNO3. The molecule has 6 heteroatoms. The molecule has 0 spiro atoms. The molecule has 0 saturated carbocycles. The SMILES string of the molecule is C[C@H](OC(=O)c1cccc(F)c1)C(=O)Nc1ccc(Cl)cc1. The summed E-state index contributed by atoms with van der Waals surface area (Å²) in [5.74, 6) is -1.81. The Morgan fingerprint density at radius 1 is 1.18 bits per heavy atom. The van der Waals surface area contributed by atoms with Crippen LogP contribution in [0, 0.1) is 5.82 Å². The lowest BCUT2D eigenvalue weighted by Gasteiger charge is -2.13. The molecule has 0 aliphatic heterocycles. The number of esters is 1. The van der Waals surface area contributed by atoms with Crippen LogP contribution >= 0.6 is 11.6 Å². The van der Waals surface area contributed by atoms with Crippen LogP contribution in [0.4, 0.5) is 10.1 Å². The van der Waals surface area contributed by atoms with Gasteiger partial charge in [-0.2, -0.15) is 0 Å². The van der Waals surface area contributed by atoms with Gasteiger partial charge in [-0.25, -0.2) is 9.18 Å². The summed E-state index contributed by atoms with van der Waals surface area (Å²) in [4.78, 5) is 23.8. The Morgan fingerprint density at radius 2 is 1.86 bits per heavy atom. The van der Waals surface area contributed by atoms with Crippen molar-refractivity contribution in [1.82, 2.24) is 0 Å². The minimum Gasteiger partial charge on any atom is -0.449 e. The van der Waals surface area contributed by atoms with Crippen LogP contribution in [-0.4, -0.2) is 18.0 Å². The number of nitrogens with one attached hydrogen (secondary N) is 1. The van der Waals surface area contributed by atoms with Gasteiger partial charge >= 0.3 is 5.97 Å². The predicted octanol–water partition coefficient (Wildman–Crippen LogP) is 3.66. The van der Waals surface area contributed by atoms with Crippen LogP contribution in [0.3, 0.4) is 0 Å². The molecule has 0 aliphatic rings. The van der Waals surface area contributed by atoms with E-state index < -0.39 is 23.8 Å². The van der Waals surface area contributed by atoms with Crippen LogP contribution < -0.4 is 5.32 Å². The summed E-state index contributed by atoms with van der Waals surface area (Å²) < 4.78 is 18.1. The average molecular weight is 322 g/mol. The molecule has 0 unspecified atom stereocenters. The molecule has 1 N–H and O–H groups in total. The molecule has 22 heavy (non-hydrogen) atoms. The third-order valence-corrected chi connectivity index (χ3v) is 3.08. The number of carbonyl (C=O) groups is 2. The van der Waals surface area contributed by atoms with Gasteiger partial charge in [0.1, 0.15) is 5.82 Å². The van der Waals surface area contributed by atoms with E-state index in [0.29, 0.717) is 10.7 Å². The monoisotopic (exact) mass is 321 g/mol. The van der Waals surface area contributed by atoms with Crippen LogP contribution in [0.2, 0.25) is 5.02 Å². The van der Waals surface area contributed by atoms with Crippen molar-refractivity contribution in [1.29, 1.82) is 0 Å². The van der Waals surface area contributed by atoms with E-state index in [4.69, 9.17) is 16.3 Å². The number of amides is 1. The Hall–Kier alpha value is -2.40. The third kappa shape index (κ3) is 4.30. The molecule has 0 bridgehead atoms. The Bertz CT molecular complexity index is 688. The first-order valence-corrected chi connectivity index (χ1v) is 6.86. The molecule has 0 saturated heterocycles. The number of halogens is 2. The van der Waals surface area contributed by atoms with Gasteiger partial charge in [0.2, 0.25) is 0 Å². The molecule has 114 valence electrons. The summed E-state index contributed by atoms with van der Waals surface area (Å²) >= 11 is 5.75. The molecule has 4 nitrogen and oxygen atoms in total. The first-order valence-electron chi connectivity index (χ1n) is 6.48. The minimum atomic E-state index is -1.02. The second-order valence-electron chi connectivity index (χ2n) is 4.55. The zero-order chi connectivity index (χ0) is 16.1. The highest BCUT2D eigenvalue weighted by molar-refractivity contribution is 6.30. The molecule has 0 heterocycles. The second-order valence-corrected chi connectivity index (χ2v) is 4.99. The predicted molar refractivity (Wildman–Crippen MR) is 81.4 cm³/mol. The summed E-state index contributed by atoms with van der Waals surface area (Å²) in [6, 6.07) is 11.6. The number of benzene rings is 2. The molecule has 1 amide bonds. The normalized spacial score (nSPS) is 11.6. The molecule has 0 aromatic heterocycles. The van der Waals surface area contributed by atoms with Crippen LogP contribution in [0.15, 0.2) is 48.5 Å². The molecule has 0 radical (unpaired) electrons. The van der Waals surface area contributed by atoms with E-state index in [1.54, 1.807) is 24.3 Å². The molecule has 1 atom stereocenters. The maximum Gasteiger partial charge on any atom is 0.339 e. The third-order valence-electron chi connectivity index (χ3n) is 2.83. The van der Waals surface area contributed by atoms with E-state index in [-0.39, 0.29) is 5.56 Å². The van der Waals surface area contributed by atoms with Gasteiger partial charge in [0, 0.05) is 10.7 Å². The smallest absolute Gasteiger partial charge is 0.339 e. The summed E-state index contributed by atoms with van der Waals surface area (Å²) in [5.41, 5.74) is 0.578. The fourth-order valence-corrected chi connectivity index (χ4v) is 1.80. The number of ether oxygens (including phenoxy) is 1. The van der Waals surface area contributed by atoms with E-state index in [2.05, 4.69) is 5.32 Å². The number of carbonyl (C=O) groups excluding carboxylic acids is 2. The van der Waals surface area contributed by atoms with E-state index in [1.807, 2.05) is 0 Å².